The molecule has 9 aliphatic rings. The molecule has 0 aromatic carbocycles. The van der Waals surface area contributed by atoms with Gasteiger partial charge in [0, 0.05) is 57.0 Å². The Balaban J connectivity index is 0.690. The molecule has 6 aliphatic heterocycles. The lowest BCUT2D eigenvalue weighted by atomic mass is 9.68. The van der Waals surface area contributed by atoms with Gasteiger partial charge in [0.2, 0.25) is 51.4 Å². The molecule has 6 saturated heterocycles. The Morgan fingerprint density at radius 2 is 1.67 bits per heavy atom. The molecule has 0 bridgehead atoms. The summed E-state index contributed by atoms with van der Waals surface area (Å²) in [5, 5.41) is 15.4. The minimum Gasteiger partial charge on any atom is -0.377 e. The van der Waals surface area contributed by atoms with Crippen molar-refractivity contribution in [2.75, 3.05) is 57.9 Å². The number of carbonyl (C=O) groups is 7. The number of amides is 7. The van der Waals surface area contributed by atoms with Gasteiger partial charge >= 0.3 is 0 Å². The lowest BCUT2D eigenvalue weighted by Gasteiger charge is -2.46. The number of hydrogen-bond donors (Lipinski definition) is 5. The second-order valence-electron chi connectivity index (χ2n) is 20.4. The number of nitrogens with zero attached hydrogens (tertiary/aromatic N) is 3. The summed E-state index contributed by atoms with van der Waals surface area (Å²) in [6.45, 7) is 3.09. The van der Waals surface area contributed by atoms with Gasteiger partial charge in [-0.05, 0) is 101 Å². The number of imide groups is 2. The van der Waals surface area contributed by atoms with E-state index in [1.165, 1.54) is 17.1 Å². The molecule has 20 heteroatoms. The van der Waals surface area contributed by atoms with Crippen LogP contribution in [0.3, 0.4) is 0 Å². The molecule has 0 aromatic heterocycles. The van der Waals surface area contributed by atoms with Crippen LogP contribution in [0.4, 0.5) is 0 Å². The van der Waals surface area contributed by atoms with Gasteiger partial charge in [-0.25, -0.2) is 12.7 Å². The normalized spacial score (nSPS) is 36.9. The van der Waals surface area contributed by atoms with E-state index in [1.54, 1.807) is 11.8 Å². The molecule has 3 aliphatic carbocycles. The second kappa shape index (κ2) is 18.8. The van der Waals surface area contributed by atoms with Crippen LogP contribution in [-0.2, 0) is 48.3 Å². The summed E-state index contributed by atoms with van der Waals surface area (Å²) in [6, 6.07) is -0.473. The molecule has 6 heterocycles. The van der Waals surface area contributed by atoms with Crippen LogP contribution >= 0.6 is 11.8 Å². The smallest absolute Gasteiger partial charge is 0.249 e. The number of carbonyl (C=O) groups excluding carboxylic acids is 7. The number of sulfonamides is 1. The molecule has 18 nitrogen and oxygen atoms in total. The average Bonchev–Trinajstić information content (AvgIpc) is 3.54. The van der Waals surface area contributed by atoms with Crippen LogP contribution in [0, 0.1) is 46.8 Å². The highest BCUT2D eigenvalue weighted by molar-refractivity contribution is 8.00. The summed E-state index contributed by atoms with van der Waals surface area (Å²) in [6.07, 6.45) is 12.9. The van der Waals surface area contributed by atoms with Crippen LogP contribution < -0.4 is 26.6 Å². The van der Waals surface area contributed by atoms with Crippen molar-refractivity contribution in [1.82, 2.24) is 40.7 Å². The molecule has 9 fully saturated rings. The number of piperidine rings is 2. The minimum absolute atomic E-state index is 0.0997. The molecule has 3 saturated carbocycles. The van der Waals surface area contributed by atoms with Crippen molar-refractivity contribution in [3.05, 3.63) is 0 Å². The zero-order chi connectivity index (χ0) is 44.9. The maximum absolute atomic E-state index is 14.1. The lowest BCUT2D eigenvalue weighted by Crippen LogP contribution is -2.58. The van der Waals surface area contributed by atoms with Gasteiger partial charge < -0.3 is 25.6 Å². The Kier molecular flexibility index (Phi) is 13.5. The topological polar surface area (TPSA) is 233 Å². The number of likely N-dealkylation sites (tertiary alicyclic amines) is 2. The third kappa shape index (κ3) is 9.51. The van der Waals surface area contributed by atoms with E-state index in [-0.39, 0.29) is 90.5 Å². The fraction of sp³-hybridized carbons (Fsp3) is 0.841. The van der Waals surface area contributed by atoms with Crippen molar-refractivity contribution in [2.45, 2.75) is 126 Å². The molecule has 64 heavy (non-hydrogen) atoms. The van der Waals surface area contributed by atoms with E-state index in [9.17, 15) is 42.0 Å². The van der Waals surface area contributed by atoms with Crippen molar-refractivity contribution < 1.29 is 46.7 Å². The van der Waals surface area contributed by atoms with Gasteiger partial charge in [-0.3, -0.25) is 49.1 Å². The minimum atomic E-state index is -3.35. The molecule has 11 atom stereocenters. The summed E-state index contributed by atoms with van der Waals surface area (Å²) >= 11 is 1.68. The highest BCUT2D eigenvalue weighted by atomic mass is 32.2. The van der Waals surface area contributed by atoms with E-state index in [1.807, 2.05) is 4.90 Å². The first-order valence-corrected chi connectivity index (χ1v) is 26.8. The monoisotopic (exact) mass is 930 g/mol. The first kappa shape index (κ1) is 46.0. The third-order valence-electron chi connectivity index (χ3n) is 16.4. The zero-order valence-corrected chi connectivity index (χ0v) is 38.6. The Labute approximate surface area is 380 Å². The van der Waals surface area contributed by atoms with Crippen molar-refractivity contribution in [3.8, 4) is 0 Å². The fourth-order valence-corrected chi connectivity index (χ4v) is 14.7. The predicted molar refractivity (Wildman–Crippen MR) is 234 cm³/mol. The molecule has 354 valence electrons. The van der Waals surface area contributed by atoms with E-state index < -0.39 is 39.7 Å². The first-order chi connectivity index (χ1) is 30.7. The van der Waals surface area contributed by atoms with Crippen LogP contribution in [0.2, 0.25) is 0 Å². The molecule has 9 rings (SSSR count). The molecule has 0 aromatic rings. The van der Waals surface area contributed by atoms with Crippen LogP contribution in [-0.4, -0.2) is 151 Å². The van der Waals surface area contributed by atoms with E-state index in [0.29, 0.717) is 69.2 Å². The number of hydrogen-bond acceptors (Lipinski definition) is 13. The number of ether oxygens (including phenoxy) is 1. The van der Waals surface area contributed by atoms with Gasteiger partial charge in [0.25, 0.3) is 0 Å². The summed E-state index contributed by atoms with van der Waals surface area (Å²) in [7, 11) is -3.35. The van der Waals surface area contributed by atoms with E-state index in [0.717, 1.165) is 74.8 Å². The van der Waals surface area contributed by atoms with Gasteiger partial charge in [0.15, 0.2) is 0 Å². The molecule has 0 radical (unpaired) electrons. The van der Waals surface area contributed by atoms with Crippen molar-refractivity contribution in [2.24, 2.45) is 46.8 Å². The Morgan fingerprint density at radius 3 is 2.42 bits per heavy atom. The standard InChI is InChI=1S/C44H66N8O10S2/c1-64(60,61)51-16-11-29(23-51)38(55)46-20-36(54)49-43-47-31(24-63-43)28-5-2-4-26(18-28)27-10-15-45-34(19-27)44(13-14-44)42(59)50-21-25(22-50)12-17-62-33-7-3-6-30-37(33)41(58)52(40(30)57)32-8-9-35(53)48-39(32)56/h25-34,37,43,45,47H,2-24H2,1H3,(H,46,55)(H,49,54)(H,48,53,56). The summed E-state index contributed by atoms with van der Waals surface area (Å²) in [4.78, 5) is 93.8. The molecular weight excluding hydrogens is 865 g/mol. The van der Waals surface area contributed by atoms with Crippen molar-refractivity contribution in [3.63, 3.8) is 0 Å². The molecule has 5 N–H and O–H groups in total. The quantitative estimate of drug-likeness (QED) is 0.148. The first-order valence-electron chi connectivity index (χ1n) is 23.9. The summed E-state index contributed by atoms with van der Waals surface area (Å²) < 4.78 is 31.3. The van der Waals surface area contributed by atoms with Crippen molar-refractivity contribution in [1.29, 1.82) is 0 Å². The second-order valence-corrected chi connectivity index (χ2v) is 23.5. The van der Waals surface area contributed by atoms with Crippen LogP contribution in [0.5, 0.6) is 0 Å². The number of thioether (sulfide) groups is 1. The SMILES string of the molecule is CS(=O)(=O)N1CCC(C(=O)NCC(=O)NC2NC(C3CCCC(C4CCNC(C5(C(=O)N6CC(CCOC7CCCC8C(=O)N(C9CCC(=O)NC9=O)C(=O)C78)C6)CC5)C4)C3)CS2)C1. The Morgan fingerprint density at radius 1 is 0.906 bits per heavy atom. The molecule has 0 spiro atoms. The van der Waals surface area contributed by atoms with Gasteiger partial charge in [0.1, 0.15) is 11.5 Å². The highest BCUT2D eigenvalue weighted by Gasteiger charge is 2.60. The summed E-state index contributed by atoms with van der Waals surface area (Å²) in [5.74, 6) is -0.599. The largest absolute Gasteiger partial charge is 0.377 e. The maximum atomic E-state index is 14.1. The van der Waals surface area contributed by atoms with Gasteiger partial charge in [-0.1, -0.05) is 19.3 Å². The number of rotatable bonds is 14. The van der Waals surface area contributed by atoms with Gasteiger partial charge in [-0.15, -0.1) is 11.8 Å². The lowest BCUT2D eigenvalue weighted by molar-refractivity contribution is -0.152. The number of fused-ring (bicyclic) bond motifs is 1. The van der Waals surface area contributed by atoms with Crippen LogP contribution in [0.25, 0.3) is 0 Å². The molecular formula is C44H66N8O10S2. The Hall–Kier alpha value is -3.17. The zero-order valence-electron chi connectivity index (χ0n) is 36.9. The third-order valence-corrected chi connectivity index (χ3v) is 18.8. The van der Waals surface area contributed by atoms with Crippen LogP contribution in [0.1, 0.15) is 96.3 Å². The average molecular weight is 931 g/mol. The van der Waals surface area contributed by atoms with Crippen molar-refractivity contribution >= 4 is 63.1 Å². The maximum Gasteiger partial charge on any atom is 0.249 e. The molecule has 7 amide bonds. The summed E-state index contributed by atoms with van der Waals surface area (Å²) in [5.41, 5.74) is -0.550. The van der Waals surface area contributed by atoms with E-state index >= 15 is 0 Å². The molecule has 11 unspecified atom stereocenters. The fourth-order valence-electron chi connectivity index (χ4n) is 12.6. The van der Waals surface area contributed by atoms with Crippen LogP contribution in [0.15, 0.2) is 0 Å². The Bertz CT molecular complexity index is 1980. The van der Waals surface area contributed by atoms with E-state index in [4.69, 9.17) is 4.74 Å². The van der Waals surface area contributed by atoms with E-state index in [2.05, 4.69) is 26.6 Å². The van der Waals surface area contributed by atoms with Gasteiger partial charge in [-0.2, -0.15) is 0 Å². The predicted octanol–water partition coefficient (Wildman–Crippen LogP) is 0.268. The van der Waals surface area contributed by atoms with Gasteiger partial charge in [0.05, 0.1) is 42.1 Å². The number of nitrogens with one attached hydrogen (secondary N) is 5. The highest BCUT2D eigenvalue weighted by Crippen LogP contribution is 2.55.